The summed E-state index contributed by atoms with van der Waals surface area (Å²) >= 11 is 0. The molecular weight excluding hydrogens is 178 g/mol. The van der Waals surface area contributed by atoms with Crippen LogP contribution in [0.5, 0.6) is 0 Å². The minimum absolute atomic E-state index is 0.708. The smallest absolute Gasteiger partial charge is 0.318 e. The predicted octanol–water partition coefficient (Wildman–Crippen LogP) is 0.833. The van der Waals surface area contributed by atoms with Crippen LogP contribution >= 0.6 is 0 Å². The van der Waals surface area contributed by atoms with Crippen molar-refractivity contribution in [3.8, 4) is 0 Å². The number of rotatable bonds is 1. The predicted molar refractivity (Wildman–Crippen MR) is 52.9 cm³/mol. The van der Waals surface area contributed by atoms with E-state index in [1.165, 1.54) is 0 Å². The first kappa shape index (κ1) is 9.19. The third-order valence-corrected chi connectivity index (χ3v) is 2.47. The Hall–Kier alpha value is -1.38. The molecule has 2 rings (SSSR count). The Labute approximate surface area is 83.1 Å². The maximum absolute atomic E-state index is 8.85. The Kier molecular flexibility index (Phi) is 2.77. The van der Waals surface area contributed by atoms with Crippen LogP contribution in [0.1, 0.15) is 6.42 Å². The highest BCUT2D eigenvalue weighted by Gasteiger charge is 2.23. The van der Waals surface area contributed by atoms with Gasteiger partial charge < -0.3 is 15.2 Å². The van der Waals surface area contributed by atoms with Gasteiger partial charge in [-0.1, -0.05) is 12.2 Å². The maximum atomic E-state index is 8.85. The zero-order chi connectivity index (χ0) is 9.80. The number of ether oxygens (including phenoxy) is 1. The van der Waals surface area contributed by atoms with Crippen molar-refractivity contribution in [1.82, 2.24) is 4.90 Å². The molecule has 0 aromatic rings. The lowest BCUT2D eigenvalue weighted by atomic mass is 10.1. The molecule has 1 aliphatic carbocycles. The summed E-state index contributed by atoms with van der Waals surface area (Å²) in [7, 11) is 0. The second-order valence-electron chi connectivity index (χ2n) is 3.33. The van der Waals surface area contributed by atoms with Gasteiger partial charge in [-0.3, -0.25) is 0 Å². The molecule has 4 nitrogen and oxygen atoms in total. The molecule has 0 bridgehead atoms. The summed E-state index contributed by atoms with van der Waals surface area (Å²) in [6.07, 6.45) is 6.68. The summed E-state index contributed by atoms with van der Waals surface area (Å²) in [5, 5.41) is 0. The van der Waals surface area contributed by atoms with E-state index >= 15 is 0 Å². The van der Waals surface area contributed by atoms with Crippen LogP contribution < -0.4 is 0 Å². The van der Waals surface area contributed by atoms with Crippen molar-refractivity contribution in [3.05, 3.63) is 29.5 Å². The van der Waals surface area contributed by atoms with Crippen LogP contribution in [0.15, 0.2) is 23.9 Å². The van der Waals surface area contributed by atoms with Crippen LogP contribution in [-0.2, 0) is 4.74 Å². The molecule has 14 heavy (non-hydrogen) atoms. The quantitative estimate of drug-likeness (QED) is 0.455. The molecule has 1 heterocycles. The molecule has 0 unspecified atom stereocenters. The highest BCUT2D eigenvalue weighted by atomic mass is 16.5. The van der Waals surface area contributed by atoms with Crippen molar-refractivity contribution < 1.29 is 9.53 Å². The molecular formula is C10H13N3O. The van der Waals surface area contributed by atoms with Gasteiger partial charge in [-0.05, 0) is 6.08 Å². The van der Waals surface area contributed by atoms with E-state index in [4.69, 9.17) is 10.3 Å². The van der Waals surface area contributed by atoms with Crippen molar-refractivity contribution in [3.63, 3.8) is 0 Å². The molecule has 4 heteroatoms. The first-order chi connectivity index (χ1) is 6.92. The Morgan fingerprint density at radius 1 is 1.36 bits per heavy atom. The lowest BCUT2D eigenvalue weighted by Gasteiger charge is -2.29. The number of hydrogen-bond acceptors (Lipinski definition) is 2. The van der Waals surface area contributed by atoms with Gasteiger partial charge in [0.1, 0.15) is 5.70 Å². The van der Waals surface area contributed by atoms with Crippen LogP contribution in [-0.4, -0.2) is 41.7 Å². The summed E-state index contributed by atoms with van der Waals surface area (Å²) in [4.78, 5) is 5.52. The van der Waals surface area contributed by atoms with E-state index in [1.54, 1.807) is 0 Å². The molecule has 0 N–H and O–H groups in total. The van der Waals surface area contributed by atoms with Gasteiger partial charge in [0.2, 0.25) is 0 Å². The normalized spacial score (nSPS) is 21.9. The van der Waals surface area contributed by atoms with E-state index < -0.39 is 0 Å². The minimum atomic E-state index is 0.708. The van der Waals surface area contributed by atoms with E-state index in [-0.39, 0.29) is 0 Å². The standard InChI is InChI=1S/C10H13N3O/c11-12-9-3-1-2-4-10(9)13-5-7-14-8-6-13/h1-2,4H,3,5-8H2. The molecule has 0 aromatic carbocycles. The van der Waals surface area contributed by atoms with Gasteiger partial charge in [-0.15, -0.1) is 0 Å². The Bertz CT molecular complexity index is 320. The van der Waals surface area contributed by atoms with Gasteiger partial charge in [-0.25, -0.2) is 0 Å². The second-order valence-corrected chi connectivity index (χ2v) is 3.33. The molecule has 0 saturated carbocycles. The van der Waals surface area contributed by atoms with Gasteiger partial charge in [0.15, 0.2) is 0 Å². The molecule has 0 spiro atoms. The first-order valence-corrected chi connectivity index (χ1v) is 4.82. The van der Waals surface area contributed by atoms with Crippen molar-refractivity contribution in [2.24, 2.45) is 0 Å². The topological polar surface area (TPSA) is 48.9 Å². The monoisotopic (exact) mass is 191 g/mol. The molecule has 0 aromatic heterocycles. The number of nitrogens with zero attached hydrogens (tertiary/aromatic N) is 3. The van der Waals surface area contributed by atoms with Crippen LogP contribution in [0.3, 0.4) is 0 Å². The fourth-order valence-corrected chi connectivity index (χ4v) is 1.72. The van der Waals surface area contributed by atoms with Crippen molar-refractivity contribution >= 4 is 5.71 Å². The SMILES string of the molecule is [N-]=[N+]=C1CC=CC=C1N1CCOCC1. The van der Waals surface area contributed by atoms with Gasteiger partial charge in [0.25, 0.3) is 0 Å². The average Bonchev–Trinajstić information content (AvgIpc) is 2.30. The Morgan fingerprint density at radius 2 is 2.14 bits per heavy atom. The van der Waals surface area contributed by atoms with Crippen LogP contribution in [0.4, 0.5) is 0 Å². The molecule has 2 aliphatic rings. The third-order valence-electron chi connectivity index (χ3n) is 2.47. The van der Waals surface area contributed by atoms with Gasteiger partial charge in [-0.2, -0.15) is 4.79 Å². The first-order valence-electron chi connectivity index (χ1n) is 4.82. The van der Waals surface area contributed by atoms with Crippen molar-refractivity contribution in [2.45, 2.75) is 6.42 Å². The van der Waals surface area contributed by atoms with Gasteiger partial charge >= 0.3 is 5.71 Å². The van der Waals surface area contributed by atoms with Crippen LogP contribution in [0.25, 0.3) is 5.53 Å². The third kappa shape index (κ3) is 1.76. The highest BCUT2D eigenvalue weighted by Crippen LogP contribution is 2.14. The lowest BCUT2D eigenvalue weighted by molar-refractivity contribution is -0.0116. The largest absolute Gasteiger partial charge is 0.378 e. The molecule has 0 amide bonds. The van der Waals surface area contributed by atoms with E-state index in [9.17, 15) is 0 Å². The van der Waals surface area contributed by atoms with E-state index in [0.717, 1.165) is 37.7 Å². The average molecular weight is 191 g/mol. The van der Waals surface area contributed by atoms with Crippen LogP contribution in [0.2, 0.25) is 0 Å². The fraction of sp³-hybridized carbons (Fsp3) is 0.500. The summed E-state index contributed by atoms with van der Waals surface area (Å²) in [5.74, 6) is 0. The van der Waals surface area contributed by atoms with E-state index in [0.29, 0.717) is 6.42 Å². The highest BCUT2D eigenvalue weighted by molar-refractivity contribution is 5.97. The van der Waals surface area contributed by atoms with Crippen molar-refractivity contribution in [2.75, 3.05) is 26.3 Å². The minimum Gasteiger partial charge on any atom is -0.378 e. The fourth-order valence-electron chi connectivity index (χ4n) is 1.72. The van der Waals surface area contributed by atoms with Crippen LogP contribution in [0, 0.1) is 0 Å². The second kappa shape index (κ2) is 4.22. The van der Waals surface area contributed by atoms with E-state index in [1.807, 2.05) is 18.2 Å². The zero-order valence-electron chi connectivity index (χ0n) is 8.02. The number of hydrogen-bond donors (Lipinski definition) is 0. The molecule has 1 fully saturated rings. The molecule has 1 saturated heterocycles. The van der Waals surface area contributed by atoms with Gasteiger partial charge in [0, 0.05) is 13.1 Å². The zero-order valence-corrected chi connectivity index (χ0v) is 8.02. The number of morpholine rings is 1. The molecule has 0 atom stereocenters. The summed E-state index contributed by atoms with van der Waals surface area (Å²) in [6, 6.07) is 0. The maximum Gasteiger partial charge on any atom is 0.318 e. The lowest BCUT2D eigenvalue weighted by Crippen LogP contribution is -2.38. The molecule has 74 valence electrons. The van der Waals surface area contributed by atoms with E-state index in [2.05, 4.69) is 9.69 Å². The summed E-state index contributed by atoms with van der Waals surface area (Å²) < 4.78 is 5.27. The molecule has 0 radical (unpaired) electrons. The number of allylic oxidation sites excluding steroid dienone is 4. The van der Waals surface area contributed by atoms with Gasteiger partial charge in [0.05, 0.1) is 19.6 Å². The molecule has 1 aliphatic heterocycles. The Balaban J connectivity index is 2.17. The summed E-state index contributed by atoms with van der Waals surface area (Å²) in [6.45, 7) is 3.25. The van der Waals surface area contributed by atoms with Crippen molar-refractivity contribution in [1.29, 1.82) is 0 Å². The summed E-state index contributed by atoms with van der Waals surface area (Å²) in [5.41, 5.74) is 10.6. The Morgan fingerprint density at radius 3 is 2.86 bits per heavy atom.